The van der Waals surface area contributed by atoms with Crippen LogP contribution in [0.25, 0.3) is 21.9 Å². The molecule has 0 bridgehead atoms. The molecule has 7 heteroatoms. The van der Waals surface area contributed by atoms with E-state index in [1.54, 1.807) is 18.2 Å². The first-order valence-corrected chi connectivity index (χ1v) is 8.30. The number of nitrogens with one attached hydrogen (secondary N) is 1. The Bertz CT molecular complexity index is 1180. The Kier molecular flexibility index (Phi) is 4.08. The van der Waals surface area contributed by atoms with Crippen molar-refractivity contribution in [1.29, 1.82) is 0 Å². The van der Waals surface area contributed by atoms with Gasteiger partial charge in [0.1, 0.15) is 11.2 Å². The van der Waals surface area contributed by atoms with Crippen molar-refractivity contribution in [3.05, 3.63) is 76.8 Å². The molecule has 1 N–H and O–H groups in total. The maximum absolute atomic E-state index is 12.9. The lowest BCUT2D eigenvalue weighted by Crippen LogP contribution is -2.13. The lowest BCUT2D eigenvalue weighted by Gasteiger charge is -2.11. The Morgan fingerprint density at radius 2 is 1.67 bits per heavy atom. The molecule has 136 valence electrons. The zero-order chi connectivity index (χ0) is 19.2. The van der Waals surface area contributed by atoms with Gasteiger partial charge in [0.25, 0.3) is 5.91 Å². The quantitative estimate of drug-likeness (QED) is 0.424. The first-order chi connectivity index (χ1) is 12.8. The molecule has 0 aliphatic rings. The highest BCUT2D eigenvalue weighted by Crippen LogP contribution is 2.34. The van der Waals surface area contributed by atoms with E-state index < -0.39 is 17.6 Å². The highest BCUT2D eigenvalue weighted by Gasteiger charge is 2.31. The summed E-state index contributed by atoms with van der Waals surface area (Å²) in [4.78, 5) is 12.5. The number of carbonyl (C=O) groups excluding carboxylic acids is 1. The van der Waals surface area contributed by atoms with Gasteiger partial charge >= 0.3 is 6.18 Å². The van der Waals surface area contributed by atoms with Crippen LogP contribution in [0.1, 0.15) is 15.9 Å². The number of halogens is 4. The highest BCUT2D eigenvalue weighted by atomic mass is 35.5. The summed E-state index contributed by atoms with van der Waals surface area (Å²) in [6, 6.07) is 15.0. The van der Waals surface area contributed by atoms with Crippen molar-refractivity contribution in [1.82, 2.24) is 0 Å². The van der Waals surface area contributed by atoms with Crippen LogP contribution in [0.5, 0.6) is 0 Å². The molecule has 3 aromatic carbocycles. The number of amides is 1. The molecule has 0 saturated heterocycles. The van der Waals surface area contributed by atoms with Gasteiger partial charge in [-0.05, 0) is 42.5 Å². The zero-order valence-corrected chi connectivity index (χ0v) is 14.4. The Labute approximate surface area is 156 Å². The van der Waals surface area contributed by atoms with Crippen molar-refractivity contribution in [3.63, 3.8) is 0 Å². The van der Waals surface area contributed by atoms with Gasteiger partial charge in [-0.3, -0.25) is 4.79 Å². The minimum atomic E-state index is -4.53. The minimum absolute atomic E-state index is 0.0196. The first kappa shape index (κ1) is 17.4. The fourth-order valence-corrected chi connectivity index (χ4v) is 3.02. The number of fused-ring (bicyclic) bond motifs is 3. The molecule has 4 rings (SSSR count). The largest absolute Gasteiger partial charge is 0.456 e. The number of para-hydroxylation sites is 1. The number of rotatable bonds is 2. The molecule has 0 saturated carbocycles. The van der Waals surface area contributed by atoms with Crippen LogP contribution >= 0.6 is 11.6 Å². The fraction of sp³-hybridized carbons (Fsp3) is 0.0500. The lowest BCUT2D eigenvalue weighted by atomic mass is 10.1. The monoisotopic (exact) mass is 389 g/mol. The molecule has 1 amide bonds. The average molecular weight is 390 g/mol. The molecule has 3 nitrogen and oxygen atoms in total. The van der Waals surface area contributed by atoms with Crippen LogP contribution in [-0.4, -0.2) is 5.91 Å². The van der Waals surface area contributed by atoms with Gasteiger partial charge in [0.2, 0.25) is 0 Å². The van der Waals surface area contributed by atoms with E-state index in [9.17, 15) is 18.0 Å². The molecule has 0 aliphatic heterocycles. The number of hydrogen-bond donors (Lipinski definition) is 1. The van der Waals surface area contributed by atoms with Crippen molar-refractivity contribution < 1.29 is 22.4 Å². The molecule has 0 fully saturated rings. The second-order valence-electron chi connectivity index (χ2n) is 5.96. The van der Waals surface area contributed by atoms with E-state index in [4.69, 9.17) is 16.0 Å². The first-order valence-electron chi connectivity index (χ1n) is 7.92. The van der Waals surface area contributed by atoms with Gasteiger partial charge < -0.3 is 9.73 Å². The minimum Gasteiger partial charge on any atom is -0.456 e. The van der Waals surface area contributed by atoms with Gasteiger partial charge in [-0.2, -0.15) is 13.2 Å². The molecule has 0 atom stereocenters. The van der Waals surface area contributed by atoms with Crippen LogP contribution in [0.3, 0.4) is 0 Å². The Morgan fingerprint density at radius 3 is 2.44 bits per heavy atom. The van der Waals surface area contributed by atoms with Gasteiger partial charge in [0.05, 0.1) is 16.3 Å². The van der Waals surface area contributed by atoms with Gasteiger partial charge in [-0.25, -0.2) is 0 Å². The van der Waals surface area contributed by atoms with Crippen molar-refractivity contribution in [3.8, 4) is 0 Å². The van der Waals surface area contributed by atoms with Gasteiger partial charge in [0, 0.05) is 16.3 Å². The van der Waals surface area contributed by atoms with Gasteiger partial charge in [-0.15, -0.1) is 0 Å². The summed E-state index contributed by atoms with van der Waals surface area (Å²) in [6.07, 6.45) is -4.53. The smallest absolute Gasteiger partial charge is 0.416 e. The maximum atomic E-state index is 12.9. The fourth-order valence-electron chi connectivity index (χ4n) is 2.86. The second kappa shape index (κ2) is 6.32. The SMILES string of the molecule is O=C(Nc1cc(C(F)(F)F)ccc1Cl)c1ccc2oc3ccccc3c2c1. The molecule has 0 aliphatic carbocycles. The number of benzene rings is 3. The van der Waals surface area contributed by atoms with Crippen molar-refractivity contribution in [2.75, 3.05) is 5.32 Å². The lowest BCUT2D eigenvalue weighted by molar-refractivity contribution is -0.137. The molecule has 0 radical (unpaired) electrons. The van der Waals surface area contributed by atoms with Crippen molar-refractivity contribution in [2.24, 2.45) is 0 Å². The number of furan rings is 1. The average Bonchev–Trinajstić information content (AvgIpc) is 3.00. The van der Waals surface area contributed by atoms with Crippen LogP contribution in [0.4, 0.5) is 18.9 Å². The predicted octanol–water partition coefficient (Wildman–Crippen LogP) is 6.51. The summed E-state index contributed by atoms with van der Waals surface area (Å²) in [5.74, 6) is -0.566. The Morgan fingerprint density at radius 1 is 0.926 bits per heavy atom. The van der Waals surface area contributed by atoms with Crippen LogP contribution in [0, 0.1) is 0 Å². The third-order valence-electron chi connectivity index (χ3n) is 4.18. The summed E-state index contributed by atoms with van der Waals surface area (Å²) < 4.78 is 44.3. The third-order valence-corrected chi connectivity index (χ3v) is 4.51. The number of carbonyl (C=O) groups is 1. The Balaban J connectivity index is 1.70. The summed E-state index contributed by atoms with van der Waals surface area (Å²) in [6.45, 7) is 0. The molecule has 4 aromatic rings. The highest BCUT2D eigenvalue weighted by molar-refractivity contribution is 6.34. The third kappa shape index (κ3) is 3.24. The van der Waals surface area contributed by atoms with E-state index >= 15 is 0 Å². The summed E-state index contributed by atoms with van der Waals surface area (Å²) >= 11 is 5.94. The van der Waals surface area contributed by atoms with E-state index in [0.29, 0.717) is 11.2 Å². The summed E-state index contributed by atoms with van der Waals surface area (Å²) in [5.41, 5.74) is 0.588. The second-order valence-corrected chi connectivity index (χ2v) is 6.36. The summed E-state index contributed by atoms with van der Waals surface area (Å²) in [7, 11) is 0. The topological polar surface area (TPSA) is 42.2 Å². The standard InChI is InChI=1S/C20H11ClF3NO2/c21-15-7-6-12(20(22,23)24)10-16(15)25-19(26)11-5-8-18-14(9-11)13-3-1-2-4-17(13)27-18/h1-10H,(H,25,26). The molecular formula is C20H11ClF3NO2. The van der Waals surface area contributed by atoms with E-state index in [2.05, 4.69) is 5.32 Å². The molecule has 1 aromatic heterocycles. The van der Waals surface area contributed by atoms with Crippen LogP contribution in [0.15, 0.2) is 65.1 Å². The maximum Gasteiger partial charge on any atom is 0.416 e. The van der Waals surface area contributed by atoms with Gasteiger partial charge in [0.15, 0.2) is 0 Å². The molecule has 0 spiro atoms. The number of anilines is 1. The van der Waals surface area contributed by atoms with Crippen LogP contribution in [0.2, 0.25) is 5.02 Å². The van der Waals surface area contributed by atoms with Crippen molar-refractivity contribution in [2.45, 2.75) is 6.18 Å². The van der Waals surface area contributed by atoms with E-state index in [1.165, 1.54) is 0 Å². The molecule has 27 heavy (non-hydrogen) atoms. The van der Waals surface area contributed by atoms with E-state index in [-0.39, 0.29) is 16.3 Å². The number of hydrogen-bond acceptors (Lipinski definition) is 2. The predicted molar refractivity (Wildman–Crippen MR) is 98.1 cm³/mol. The van der Waals surface area contributed by atoms with Crippen molar-refractivity contribution >= 4 is 45.1 Å². The molecule has 1 heterocycles. The van der Waals surface area contributed by atoms with Crippen LogP contribution in [-0.2, 0) is 6.18 Å². The van der Waals surface area contributed by atoms with Crippen LogP contribution < -0.4 is 5.32 Å². The normalized spacial score (nSPS) is 11.9. The molecular weight excluding hydrogens is 379 g/mol. The summed E-state index contributed by atoms with van der Waals surface area (Å²) in [5, 5.41) is 4.05. The Hall–Kier alpha value is -2.99. The van der Waals surface area contributed by atoms with E-state index in [1.807, 2.05) is 24.3 Å². The van der Waals surface area contributed by atoms with E-state index in [0.717, 1.165) is 29.0 Å². The zero-order valence-electron chi connectivity index (χ0n) is 13.6. The number of alkyl halides is 3. The van der Waals surface area contributed by atoms with Gasteiger partial charge in [-0.1, -0.05) is 29.8 Å². The molecule has 0 unspecified atom stereocenters.